The molecule has 2 fully saturated rings. The van der Waals surface area contributed by atoms with Gasteiger partial charge in [-0.1, -0.05) is 24.3 Å². The second-order valence-corrected chi connectivity index (χ2v) is 5.97. The molecule has 2 bridgehead atoms. The summed E-state index contributed by atoms with van der Waals surface area (Å²) < 4.78 is 0. The van der Waals surface area contributed by atoms with E-state index in [1.807, 2.05) is 6.07 Å². The molecule has 2 amide bonds. The van der Waals surface area contributed by atoms with Crippen LogP contribution in [0, 0.1) is 35.0 Å². The summed E-state index contributed by atoms with van der Waals surface area (Å²) in [5.74, 6) is -0.419. The van der Waals surface area contributed by atoms with Crippen molar-refractivity contribution in [3.8, 4) is 6.07 Å². The van der Waals surface area contributed by atoms with E-state index in [2.05, 4.69) is 17.3 Å². The molecule has 108 valence electrons. The van der Waals surface area contributed by atoms with Crippen molar-refractivity contribution < 1.29 is 9.59 Å². The van der Waals surface area contributed by atoms with Crippen LogP contribution in [-0.2, 0) is 9.59 Å². The molecule has 0 radical (unpaired) electrons. The lowest BCUT2D eigenvalue weighted by Crippen LogP contribution is -2.28. The molecule has 2 aliphatic carbocycles. The molecule has 1 aliphatic heterocycles. The van der Waals surface area contributed by atoms with E-state index in [9.17, 15) is 9.59 Å². The van der Waals surface area contributed by atoms with Crippen molar-refractivity contribution in [1.82, 2.24) is 5.01 Å². The number of rotatable bonds is 2. The average Bonchev–Trinajstić information content (AvgIpc) is 3.21. The van der Waals surface area contributed by atoms with Crippen LogP contribution in [-0.4, -0.2) is 23.0 Å². The standard InChI is InChI=1S/C17H13N3O2/c18-8-10-1-3-11(4-2-10)9-19-20-16(21)14-12-5-6-13(7-12)15(14)17(20)22/h1-6,9,12-15H,7H2/b19-9-/t12-,13-,14+,15+/m0/s1. The highest BCUT2D eigenvalue weighted by molar-refractivity contribution is 6.06. The summed E-state index contributed by atoms with van der Waals surface area (Å²) in [6.45, 7) is 0. The summed E-state index contributed by atoms with van der Waals surface area (Å²) in [6, 6.07) is 8.86. The number of nitriles is 1. The van der Waals surface area contributed by atoms with Gasteiger partial charge < -0.3 is 0 Å². The van der Waals surface area contributed by atoms with Crippen molar-refractivity contribution >= 4 is 18.0 Å². The fraction of sp³-hybridized carbons (Fsp3) is 0.294. The fourth-order valence-electron chi connectivity index (χ4n) is 3.77. The number of carbonyl (C=O) groups is 2. The second kappa shape index (κ2) is 4.63. The van der Waals surface area contributed by atoms with Crippen LogP contribution in [0.2, 0.25) is 0 Å². The summed E-state index contributed by atoms with van der Waals surface area (Å²) >= 11 is 0. The molecular formula is C17H13N3O2. The van der Waals surface area contributed by atoms with Crippen LogP contribution in [0.3, 0.4) is 0 Å². The van der Waals surface area contributed by atoms with Crippen LogP contribution < -0.4 is 0 Å². The Morgan fingerprint density at radius 2 is 1.68 bits per heavy atom. The van der Waals surface area contributed by atoms with Gasteiger partial charge in [0.25, 0.3) is 11.8 Å². The van der Waals surface area contributed by atoms with E-state index < -0.39 is 0 Å². The second-order valence-electron chi connectivity index (χ2n) is 5.97. The molecule has 5 heteroatoms. The van der Waals surface area contributed by atoms with Crippen molar-refractivity contribution in [3.05, 3.63) is 47.5 Å². The van der Waals surface area contributed by atoms with Crippen molar-refractivity contribution in [2.24, 2.45) is 28.8 Å². The van der Waals surface area contributed by atoms with Gasteiger partial charge in [0.1, 0.15) is 0 Å². The van der Waals surface area contributed by atoms with Crippen LogP contribution in [0.1, 0.15) is 17.5 Å². The summed E-state index contributed by atoms with van der Waals surface area (Å²) in [6.07, 6.45) is 6.53. The third-order valence-electron chi connectivity index (χ3n) is 4.81. The molecular weight excluding hydrogens is 278 g/mol. The predicted octanol–water partition coefficient (Wildman–Crippen LogP) is 1.70. The summed E-state index contributed by atoms with van der Waals surface area (Å²) in [5.41, 5.74) is 1.31. The SMILES string of the molecule is N#Cc1ccc(/C=N\N2C(=O)[C@H]3[C@H](C2=O)[C@H]2C=C[C@H]3C2)cc1. The number of hydrogen-bond acceptors (Lipinski definition) is 4. The van der Waals surface area contributed by atoms with Crippen molar-refractivity contribution in [2.75, 3.05) is 0 Å². The van der Waals surface area contributed by atoms with Gasteiger partial charge in [0, 0.05) is 0 Å². The van der Waals surface area contributed by atoms with E-state index >= 15 is 0 Å². The Labute approximate surface area is 127 Å². The van der Waals surface area contributed by atoms with E-state index in [4.69, 9.17) is 5.26 Å². The summed E-state index contributed by atoms with van der Waals surface area (Å²) in [7, 11) is 0. The van der Waals surface area contributed by atoms with Gasteiger partial charge in [-0.05, 0) is 36.0 Å². The minimum absolute atomic E-state index is 0.184. The Hall–Kier alpha value is -2.74. The maximum absolute atomic E-state index is 12.4. The number of benzene rings is 1. The molecule has 5 nitrogen and oxygen atoms in total. The van der Waals surface area contributed by atoms with E-state index in [1.165, 1.54) is 6.21 Å². The minimum Gasteiger partial charge on any atom is -0.272 e. The number of carbonyl (C=O) groups excluding carboxylic acids is 2. The molecule has 1 aromatic carbocycles. The van der Waals surface area contributed by atoms with Gasteiger partial charge in [0.15, 0.2) is 0 Å². The molecule has 1 heterocycles. The first-order valence-electron chi connectivity index (χ1n) is 7.29. The van der Waals surface area contributed by atoms with Crippen LogP contribution >= 0.6 is 0 Å². The van der Waals surface area contributed by atoms with E-state index in [0.29, 0.717) is 5.56 Å². The molecule has 4 atom stereocenters. The Morgan fingerprint density at radius 1 is 1.09 bits per heavy atom. The molecule has 0 spiro atoms. The highest BCUT2D eigenvalue weighted by atomic mass is 16.2. The Bertz CT molecular complexity index is 727. The molecule has 1 saturated carbocycles. The number of hydrazone groups is 1. The third-order valence-corrected chi connectivity index (χ3v) is 4.81. The van der Waals surface area contributed by atoms with Gasteiger partial charge in [0.05, 0.1) is 29.7 Å². The summed E-state index contributed by atoms with van der Waals surface area (Å²) in [4.78, 5) is 24.8. The fourth-order valence-corrected chi connectivity index (χ4v) is 3.77. The molecule has 4 rings (SSSR count). The van der Waals surface area contributed by atoms with Gasteiger partial charge in [-0.3, -0.25) is 9.59 Å². The lowest BCUT2D eigenvalue weighted by molar-refractivity contribution is -0.140. The zero-order chi connectivity index (χ0) is 15.3. The molecule has 0 aromatic heterocycles. The number of allylic oxidation sites excluding steroid dienone is 2. The lowest BCUT2D eigenvalue weighted by Gasteiger charge is -2.13. The number of amides is 2. The molecule has 3 aliphatic rings. The molecule has 0 unspecified atom stereocenters. The van der Waals surface area contributed by atoms with E-state index in [1.54, 1.807) is 24.3 Å². The highest BCUT2D eigenvalue weighted by Gasteiger charge is 2.59. The number of nitrogens with zero attached hydrogens (tertiary/aromatic N) is 3. The van der Waals surface area contributed by atoms with Gasteiger partial charge in [-0.2, -0.15) is 15.4 Å². The number of imide groups is 1. The Kier molecular flexibility index (Phi) is 2.73. The van der Waals surface area contributed by atoms with E-state index in [-0.39, 0.29) is 35.5 Å². The quantitative estimate of drug-likeness (QED) is 0.473. The Morgan fingerprint density at radius 3 is 2.23 bits per heavy atom. The zero-order valence-corrected chi connectivity index (χ0v) is 11.7. The smallest absolute Gasteiger partial charge is 0.254 e. The van der Waals surface area contributed by atoms with Crippen LogP contribution in [0.15, 0.2) is 41.5 Å². The monoisotopic (exact) mass is 291 g/mol. The van der Waals surface area contributed by atoms with Crippen LogP contribution in [0.5, 0.6) is 0 Å². The Balaban J connectivity index is 1.56. The summed E-state index contributed by atoms with van der Waals surface area (Å²) in [5, 5.41) is 13.9. The first kappa shape index (κ1) is 13.0. The average molecular weight is 291 g/mol. The lowest BCUT2D eigenvalue weighted by atomic mass is 9.85. The molecule has 22 heavy (non-hydrogen) atoms. The normalized spacial score (nSPS) is 32.0. The third kappa shape index (κ3) is 1.74. The predicted molar refractivity (Wildman–Crippen MR) is 78.3 cm³/mol. The van der Waals surface area contributed by atoms with Crippen LogP contribution in [0.4, 0.5) is 0 Å². The van der Waals surface area contributed by atoms with Crippen molar-refractivity contribution in [1.29, 1.82) is 5.26 Å². The van der Waals surface area contributed by atoms with Gasteiger partial charge >= 0.3 is 0 Å². The highest BCUT2D eigenvalue weighted by Crippen LogP contribution is 2.52. The first-order valence-corrected chi connectivity index (χ1v) is 7.29. The number of hydrogen-bond donors (Lipinski definition) is 0. The van der Waals surface area contributed by atoms with Crippen molar-refractivity contribution in [2.45, 2.75) is 6.42 Å². The number of fused-ring (bicyclic) bond motifs is 5. The largest absolute Gasteiger partial charge is 0.272 e. The minimum atomic E-state index is -0.222. The molecule has 1 aromatic rings. The molecule has 0 N–H and O–H groups in total. The maximum Gasteiger partial charge on any atom is 0.254 e. The van der Waals surface area contributed by atoms with Gasteiger partial charge in [0.2, 0.25) is 0 Å². The molecule has 1 saturated heterocycles. The zero-order valence-electron chi connectivity index (χ0n) is 11.7. The van der Waals surface area contributed by atoms with E-state index in [0.717, 1.165) is 17.0 Å². The van der Waals surface area contributed by atoms with Crippen LogP contribution in [0.25, 0.3) is 0 Å². The maximum atomic E-state index is 12.4. The van der Waals surface area contributed by atoms with Gasteiger partial charge in [-0.25, -0.2) is 0 Å². The van der Waals surface area contributed by atoms with Gasteiger partial charge in [-0.15, -0.1) is 0 Å². The first-order chi connectivity index (χ1) is 10.7. The topological polar surface area (TPSA) is 73.5 Å². The van der Waals surface area contributed by atoms with Crippen molar-refractivity contribution in [3.63, 3.8) is 0 Å².